The highest BCUT2D eigenvalue weighted by molar-refractivity contribution is 7.91. The highest BCUT2D eigenvalue weighted by Crippen LogP contribution is 2.25. The summed E-state index contributed by atoms with van der Waals surface area (Å²) in [6.07, 6.45) is 1.54. The standard InChI is InChI=1S/C11H18N2O4S2/c1-3-17-9-4-6-13(7-5-9)19(15,16)10-8(2)12-11(14)18-10/h9H,3-7H2,1-2H3,(H,12,14). The third-order valence-electron chi connectivity index (χ3n) is 3.16. The molecular weight excluding hydrogens is 288 g/mol. The number of piperidine rings is 1. The SMILES string of the molecule is CCOC1CCN(S(=O)(=O)c2sc(=O)[nH]c2C)CC1. The first kappa shape index (κ1) is 14.7. The lowest BCUT2D eigenvalue weighted by molar-refractivity contribution is 0.0290. The van der Waals surface area contributed by atoms with Crippen molar-refractivity contribution in [2.75, 3.05) is 19.7 Å². The Morgan fingerprint density at radius 1 is 1.42 bits per heavy atom. The van der Waals surface area contributed by atoms with Crippen LogP contribution < -0.4 is 4.87 Å². The van der Waals surface area contributed by atoms with Crippen molar-refractivity contribution < 1.29 is 13.2 Å². The second kappa shape index (κ2) is 5.74. The van der Waals surface area contributed by atoms with Gasteiger partial charge in [0.05, 0.1) is 6.10 Å². The highest BCUT2D eigenvalue weighted by atomic mass is 32.2. The lowest BCUT2D eigenvalue weighted by atomic mass is 10.1. The molecule has 1 saturated heterocycles. The van der Waals surface area contributed by atoms with Gasteiger partial charge in [-0.3, -0.25) is 4.79 Å². The first-order chi connectivity index (χ1) is 8.95. The molecule has 2 heterocycles. The van der Waals surface area contributed by atoms with Crippen molar-refractivity contribution in [2.45, 2.75) is 37.0 Å². The number of sulfonamides is 1. The maximum atomic E-state index is 12.4. The predicted molar refractivity (Wildman–Crippen MR) is 73.1 cm³/mol. The van der Waals surface area contributed by atoms with Crippen molar-refractivity contribution in [1.82, 2.24) is 9.29 Å². The van der Waals surface area contributed by atoms with Crippen molar-refractivity contribution in [3.63, 3.8) is 0 Å². The lowest BCUT2D eigenvalue weighted by Crippen LogP contribution is -2.40. The average Bonchev–Trinajstić information content (AvgIpc) is 2.70. The number of nitrogens with zero attached hydrogens (tertiary/aromatic N) is 1. The first-order valence-corrected chi connectivity index (χ1v) is 8.52. The molecule has 0 radical (unpaired) electrons. The van der Waals surface area contributed by atoms with Gasteiger partial charge in [0.25, 0.3) is 10.0 Å². The predicted octanol–water partition coefficient (Wildman–Crippen LogP) is 0.934. The van der Waals surface area contributed by atoms with Crippen LogP contribution in [0.2, 0.25) is 0 Å². The molecule has 0 amide bonds. The van der Waals surface area contributed by atoms with E-state index < -0.39 is 10.0 Å². The van der Waals surface area contributed by atoms with Crippen LogP contribution in [0.1, 0.15) is 25.5 Å². The van der Waals surface area contributed by atoms with Crippen molar-refractivity contribution in [3.05, 3.63) is 15.4 Å². The van der Waals surface area contributed by atoms with Crippen LogP contribution >= 0.6 is 11.3 Å². The smallest absolute Gasteiger partial charge is 0.305 e. The second-order valence-corrected chi connectivity index (χ2v) is 7.60. The summed E-state index contributed by atoms with van der Waals surface area (Å²) >= 11 is 0.754. The van der Waals surface area contributed by atoms with E-state index in [1.807, 2.05) is 6.92 Å². The van der Waals surface area contributed by atoms with E-state index in [9.17, 15) is 13.2 Å². The maximum Gasteiger partial charge on any atom is 0.305 e. The minimum Gasteiger partial charge on any atom is -0.378 e. The largest absolute Gasteiger partial charge is 0.378 e. The number of thiazole rings is 1. The van der Waals surface area contributed by atoms with E-state index in [1.165, 1.54) is 4.31 Å². The molecule has 0 aliphatic carbocycles. The van der Waals surface area contributed by atoms with E-state index in [4.69, 9.17) is 4.74 Å². The summed E-state index contributed by atoms with van der Waals surface area (Å²) in [6, 6.07) is 0. The van der Waals surface area contributed by atoms with Crippen LogP contribution in [-0.4, -0.2) is 43.5 Å². The Hall–Kier alpha value is -0.700. The first-order valence-electron chi connectivity index (χ1n) is 6.26. The Labute approximate surface area is 116 Å². The molecule has 1 N–H and O–H groups in total. The fourth-order valence-electron chi connectivity index (χ4n) is 2.23. The van der Waals surface area contributed by atoms with E-state index in [2.05, 4.69) is 4.98 Å². The molecule has 0 atom stereocenters. The Morgan fingerprint density at radius 2 is 2.05 bits per heavy atom. The van der Waals surface area contributed by atoms with E-state index in [0.29, 0.717) is 38.2 Å². The zero-order valence-corrected chi connectivity index (χ0v) is 12.6. The quantitative estimate of drug-likeness (QED) is 0.897. The average molecular weight is 306 g/mol. The summed E-state index contributed by atoms with van der Waals surface area (Å²) in [5, 5.41) is 0. The molecule has 0 aromatic carbocycles. The molecule has 0 spiro atoms. The summed E-state index contributed by atoms with van der Waals surface area (Å²) < 4.78 is 31.9. The molecule has 8 heteroatoms. The number of aromatic amines is 1. The third kappa shape index (κ3) is 3.07. The van der Waals surface area contributed by atoms with Gasteiger partial charge in [-0.25, -0.2) is 8.42 Å². The van der Waals surface area contributed by atoms with Gasteiger partial charge in [-0.1, -0.05) is 11.3 Å². The van der Waals surface area contributed by atoms with Gasteiger partial charge in [0.1, 0.15) is 0 Å². The molecule has 1 aliphatic heterocycles. The van der Waals surface area contributed by atoms with Gasteiger partial charge in [0, 0.05) is 25.4 Å². The van der Waals surface area contributed by atoms with Crippen molar-refractivity contribution in [1.29, 1.82) is 0 Å². The van der Waals surface area contributed by atoms with Crippen LogP contribution in [0.4, 0.5) is 0 Å². The summed E-state index contributed by atoms with van der Waals surface area (Å²) in [5.41, 5.74) is 0.418. The monoisotopic (exact) mass is 306 g/mol. The van der Waals surface area contributed by atoms with Gasteiger partial charge in [-0.05, 0) is 26.7 Å². The van der Waals surface area contributed by atoms with Gasteiger partial charge >= 0.3 is 4.87 Å². The summed E-state index contributed by atoms with van der Waals surface area (Å²) in [4.78, 5) is 13.4. The van der Waals surface area contributed by atoms with Crippen LogP contribution in [-0.2, 0) is 14.8 Å². The number of aromatic nitrogens is 1. The third-order valence-corrected chi connectivity index (χ3v) is 6.64. The number of nitrogens with one attached hydrogen (secondary N) is 1. The minimum absolute atomic E-state index is 0.132. The number of hydrogen-bond donors (Lipinski definition) is 1. The van der Waals surface area contributed by atoms with Gasteiger partial charge in [0.15, 0.2) is 4.21 Å². The molecule has 1 aromatic rings. The van der Waals surface area contributed by atoms with E-state index in [1.54, 1.807) is 6.92 Å². The molecule has 1 fully saturated rings. The summed E-state index contributed by atoms with van der Waals surface area (Å²) in [6.45, 7) is 5.08. The van der Waals surface area contributed by atoms with Crippen molar-refractivity contribution >= 4 is 21.4 Å². The molecule has 19 heavy (non-hydrogen) atoms. The molecule has 0 unspecified atom stereocenters. The Balaban J connectivity index is 2.14. The molecule has 0 saturated carbocycles. The van der Waals surface area contributed by atoms with Crippen LogP contribution in [0.5, 0.6) is 0 Å². The minimum atomic E-state index is -3.55. The number of rotatable bonds is 4. The molecule has 1 aliphatic rings. The van der Waals surface area contributed by atoms with Gasteiger partial charge < -0.3 is 9.72 Å². The number of aryl methyl sites for hydroxylation is 1. The second-order valence-electron chi connectivity index (χ2n) is 4.49. The Morgan fingerprint density at radius 3 is 2.53 bits per heavy atom. The topological polar surface area (TPSA) is 79.5 Å². The molecule has 6 nitrogen and oxygen atoms in total. The van der Waals surface area contributed by atoms with Crippen molar-refractivity contribution in [2.24, 2.45) is 0 Å². The van der Waals surface area contributed by atoms with E-state index in [-0.39, 0.29) is 15.2 Å². The zero-order chi connectivity index (χ0) is 14.0. The molecular formula is C11H18N2O4S2. The van der Waals surface area contributed by atoms with Crippen molar-refractivity contribution in [3.8, 4) is 0 Å². The number of ether oxygens (including phenoxy) is 1. The molecule has 0 bridgehead atoms. The van der Waals surface area contributed by atoms with E-state index in [0.717, 1.165) is 11.3 Å². The fraction of sp³-hybridized carbons (Fsp3) is 0.727. The normalized spacial score (nSPS) is 18.8. The summed E-state index contributed by atoms with van der Waals surface area (Å²) in [7, 11) is -3.55. The maximum absolute atomic E-state index is 12.4. The molecule has 108 valence electrons. The van der Waals surface area contributed by atoms with Crippen LogP contribution in [0.25, 0.3) is 0 Å². The molecule has 1 aromatic heterocycles. The zero-order valence-electron chi connectivity index (χ0n) is 11.0. The Bertz CT molecular complexity index is 582. The van der Waals surface area contributed by atoms with Crippen LogP contribution in [0.15, 0.2) is 9.00 Å². The van der Waals surface area contributed by atoms with Crippen LogP contribution in [0, 0.1) is 6.92 Å². The number of H-pyrrole nitrogens is 1. The molecule has 2 rings (SSSR count). The Kier molecular flexibility index (Phi) is 4.44. The summed E-state index contributed by atoms with van der Waals surface area (Å²) in [5.74, 6) is 0. The van der Waals surface area contributed by atoms with Gasteiger partial charge in [0.2, 0.25) is 0 Å². The van der Waals surface area contributed by atoms with Gasteiger partial charge in [-0.2, -0.15) is 4.31 Å². The van der Waals surface area contributed by atoms with Gasteiger partial charge in [-0.15, -0.1) is 0 Å². The lowest BCUT2D eigenvalue weighted by Gasteiger charge is -2.30. The highest BCUT2D eigenvalue weighted by Gasteiger charge is 2.32. The van der Waals surface area contributed by atoms with E-state index >= 15 is 0 Å². The van der Waals surface area contributed by atoms with Crippen LogP contribution in [0.3, 0.4) is 0 Å². The fourth-order valence-corrected chi connectivity index (χ4v) is 5.13. The number of hydrogen-bond acceptors (Lipinski definition) is 5.